The van der Waals surface area contributed by atoms with Gasteiger partial charge in [-0.1, -0.05) is 13.8 Å². The van der Waals surface area contributed by atoms with E-state index in [4.69, 9.17) is 5.73 Å². The summed E-state index contributed by atoms with van der Waals surface area (Å²) < 4.78 is 0. The number of hydrogen-bond acceptors (Lipinski definition) is 3. The van der Waals surface area contributed by atoms with Gasteiger partial charge in [0.25, 0.3) is 0 Å². The zero-order valence-electron chi connectivity index (χ0n) is 8.17. The Balaban J connectivity index is 3.75. The maximum absolute atomic E-state index is 11.4. The molecule has 0 fully saturated rings. The Morgan fingerprint density at radius 1 is 1.58 bits per heavy atom. The van der Waals surface area contributed by atoms with Crippen LogP contribution in [0, 0.1) is 5.92 Å². The molecule has 0 radical (unpaired) electrons. The van der Waals surface area contributed by atoms with Gasteiger partial charge in [-0.15, -0.1) is 0 Å². The van der Waals surface area contributed by atoms with Crippen molar-refractivity contribution in [3.05, 3.63) is 0 Å². The molecule has 0 rings (SSSR count). The lowest BCUT2D eigenvalue weighted by atomic mass is 9.97. The number of hydrogen-bond donors (Lipinski definition) is 1. The molecule has 0 heterocycles. The molecule has 0 amide bonds. The number of ketones is 1. The number of thioether (sulfide) groups is 1. The third-order valence-electron chi connectivity index (χ3n) is 2.10. The van der Waals surface area contributed by atoms with E-state index in [2.05, 4.69) is 0 Å². The number of nitrogens with two attached hydrogens (primary N) is 1. The molecule has 0 aliphatic carbocycles. The normalized spacial score (nSPS) is 15.7. The van der Waals surface area contributed by atoms with Crippen molar-refractivity contribution in [2.45, 2.75) is 32.7 Å². The van der Waals surface area contributed by atoms with Gasteiger partial charge in [-0.25, -0.2) is 0 Å². The zero-order valence-corrected chi connectivity index (χ0v) is 8.99. The van der Waals surface area contributed by atoms with Crippen molar-refractivity contribution >= 4 is 17.5 Å². The molecule has 2 atom stereocenters. The standard InChI is InChI=1S/C9H19NOS/c1-4-7(2)9(11)8(10)5-6-12-3/h7-8H,4-6,10H2,1-3H3/t7?,8-/m0/s1. The van der Waals surface area contributed by atoms with Gasteiger partial charge in [0.2, 0.25) is 0 Å². The van der Waals surface area contributed by atoms with Crippen LogP contribution >= 0.6 is 11.8 Å². The van der Waals surface area contributed by atoms with Gasteiger partial charge in [0.1, 0.15) is 0 Å². The maximum Gasteiger partial charge on any atom is 0.152 e. The molecule has 0 saturated heterocycles. The average Bonchev–Trinajstić information content (AvgIpc) is 2.11. The minimum atomic E-state index is -0.243. The summed E-state index contributed by atoms with van der Waals surface area (Å²) in [6.45, 7) is 3.96. The van der Waals surface area contributed by atoms with Crippen LogP contribution in [0.2, 0.25) is 0 Å². The minimum absolute atomic E-state index is 0.127. The molecule has 0 saturated carbocycles. The van der Waals surface area contributed by atoms with Crippen LogP contribution in [0.3, 0.4) is 0 Å². The highest BCUT2D eigenvalue weighted by Crippen LogP contribution is 2.08. The van der Waals surface area contributed by atoms with Crippen molar-refractivity contribution in [1.82, 2.24) is 0 Å². The SMILES string of the molecule is CCC(C)C(=O)[C@@H](N)CCSC. The first kappa shape index (κ1) is 12.0. The van der Waals surface area contributed by atoms with Crippen LogP contribution in [0.1, 0.15) is 26.7 Å². The van der Waals surface area contributed by atoms with E-state index in [9.17, 15) is 4.79 Å². The van der Waals surface area contributed by atoms with Crippen LogP contribution in [-0.4, -0.2) is 23.8 Å². The van der Waals surface area contributed by atoms with Crippen molar-refractivity contribution in [2.75, 3.05) is 12.0 Å². The lowest BCUT2D eigenvalue weighted by molar-refractivity contribution is -0.123. The van der Waals surface area contributed by atoms with Gasteiger partial charge in [0, 0.05) is 5.92 Å². The fraction of sp³-hybridized carbons (Fsp3) is 0.889. The van der Waals surface area contributed by atoms with Crippen LogP contribution in [0.4, 0.5) is 0 Å². The van der Waals surface area contributed by atoms with E-state index in [-0.39, 0.29) is 17.7 Å². The molecule has 0 aliphatic rings. The van der Waals surface area contributed by atoms with Crippen LogP contribution in [0.25, 0.3) is 0 Å². The third kappa shape index (κ3) is 4.12. The van der Waals surface area contributed by atoms with E-state index >= 15 is 0 Å². The Bertz CT molecular complexity index is 138. The second kappa shape index (κ2) is 6.49. The summed E-state index contributed by atoms with van der Waals surface area (Å²) >= 11 is 1.73. The van der Waals surface area contributed by atoms with Crippen molar-refractivity contribution in [1.29, 1.82) is 0 Å². The smallest absolute Gasteiger partial charge is 0.152 e. The Morgan fingerprint density at radius 3 is 2.58 bits per heavy atom. The highest BCUT2D eigenvalue weighted by molar-refractivity contribution is 7.98. The minimum Gasteiger partial charge on any atom is -0.321 e. The van der Waals surface area contributed by atoms with Gasteiger partial charge in [-0.05, 0) is 24.9 Å². The molecule has 1 unspecified atom stereocenters. The molecule has 0 aromatic carbocycles. The molecule has 0 aromatic heterocycles. The van der Waals surface area contributed by atoms with E-state index in [0.717, 1.165) is 18.6 Å². The van der Waals surface area contributed by atoms with Gasteiger partial charge in [-0.3, -0.25) is 4.79 Å². The maximum atomic E-state index is 11.4. The van der Waals surface area contributed by atoms with E-state index in [1.54, 1.807) is 11.8 Å². The van der Waals surface area contributed by atoms with E-state index in [0.29, 0.717) is 0 Å². The van der Waals surface area contributed by atoms with Gasteiger partial charge in [0.15, 0.2) is 5.78 Å². The Labute approximate surface area is 79.3 Å². The van der Waals surface area contributed by atoms with Crippen LogP contribution in [0.15, 0.2) is 0 Å². The van der Waals surface area contributed by atoms with Gasteiger partial charge in [-0.2, -0.15) is 11.8 Å². The summed E-state index contributed by atoms with van der Waals surface area (Å²) in [4.78, 5) is 11.4. The Hall–Kier alpha value is -0.0200. The second-order valence-electron chi connectivity index (χ2n) is 3.10. The first-order valence-corrected chi connectivity index (χ1v) is 5.81. The number of carbonyl (C=O) groups is 1. The molecule has 2 nitrogen and oxygen atoms in total. The van der Waals surface area contributed by atoms with Crippen LogP contribution in [-0.2, 0) is 4.79 Å². The summed E-state index contributed by atoms with van der Waals surface area (Å²) in [5, 5.41) is 0. The lowest BCUT2D eigenvalue weighted by Crippen LogP contribution is -2.34. The van der Waals surface area contributed by atoms with Gasteiger partial charge < -0.3 is 5.73 Å². The molecule has 2 N–H and O–H groups in total. The number of carbonyl (C=O) groups excluding carboxylic acids is 1. The topological polar surface area (TPSA) is 43.1 Å². The van der Waals surface area contributed by atoms with Crippen molar-refractivity contribution in [2.24, 2.45) is 11.7 Å². The zero-order chi connectivity index (χ0) is 9.56. The number of Topliss-reactive ketones (excluding diaryl/α,β-unsaturated/α-hetero) is 1. The van der Waals surface area contributed by atoms with Crippen molar-refractivity contribution in [3.8, 4) is 0 Å². The summed E-state index contributed by atoms with van der Waals surface area (Å²) in [6, 6.07) is -0.243. The summed E-state index contributed by atoms with van der Waals surface area (Å²) in [5.74, 6) is 1.32. The second-order valence-corrected chi connectivity index (χ2v) is 4.09. The lowest BCUT2D eigenvalue weighted by Gasteiger charge is -2.13. The molecule has 0 aliphatic heterocycles. The fourth-order valence-electron chi connectivity index (χ4n) is 0.954. The monoisotopic (exact) mass is 189 g/mol. The third-order valence-corrected chi connectivity index (χ3v) is 2.74. The van der Waals surface area contributed by atoms with Gasteiger partial charge in [0.05, 0.1) is 6.04 Å². The molecule has 3 heteroatoms. The molecule has 0 aromatic rings. The molecule has 0 spiro atoms. The van der Waals surface area contributed by atoms with Crippen molar-refractivity contribution in [3.63, 3.8) is 0 Å². The average molecular weight is 189 g/mol. The summed E-state index contributed by atoms with van der Waals surface area (Å²) in [6.07, 6.45) is 3.73. The molecule has 0 bridgehead atoms. The predicted molar refractivity (Wildman–Crippen MR) is 55.4 cm³/mol. The first-order valence-electron chi connectivity index (χ1n) is 4.41. The molecular weight excluding hydrogens is 170 g/mol. The van der Waals surface area contributed by atoms with Crippen LogP contribution in [0.5, 0.6) is 0 Å². The molecule has 72 valence electrons. The van der Waals surface area contributed by atoms with Crippen molar-refractivity contribution < 1.29 is 4.79 Å². The Kier molecular flexibility index (Phi) is 6.48. The van der Waals surface area contributed by atoms with Crippen LogP contribution < -0.4 is 5.73 Å². The van der Waals surface area contributed by atoms with Gasteiger partial charge >= 0.3 is 0 Å². The first-order chi connectivity index (χ1) is 5.63. The Morgan fingerprint density at radius 2 is 2.17 bits per heavy atom. The quantitative estimate of drug-likeness (QED) is 0.691. The van der Waals surface area contributed by atoms with E-state index in [1.807, 2.05) is 20.1 Å². The molecule has 12 heavy (non-hydrogen) atoms. The highest BCUT2D eigenvalue weighted by Gasteiger charge is 2.17. The predicted octanol–water partition coefficient (Wildman–Crippen LogP) is 1.68. The highest BCUT2D eigenvalue weighted by atomic mass is 32.2. The fourth-order valence-corrected chi connectivity index (χ4v) is 1.44. The van der Waals surface area contributed by atoms with E-state index < -0.39 is 0 Å². The molecular formula is C9H19NOS. The summed E-state index contributed by atoms with van der Waals surface area (Å²) in [5.41, 5.74) is 5.72. The largest absolute Gasteiger partial charge is 0.321 e. The number of rotatable bonds is 6. The van der Waals surface area contributed by atoms with E-state index in [1.165, 1.54) is 0 Å². The summed E-state index contributed by atoms with van der Waals surface area (Å²) in [7, 11) is 0.